The second-order valence-electron chi connectivity index (χ2n) is 6.31. The number of hydrogen-bond acceptors (Lipinski definition) is 3. The molecular formula is C21H19FN2O2. The van der Waals surface area contributed by atoms with Crippen molar-refractivity contribution in [3.8, 4) is 6.07 Å². The number of carboxylic acids is 1. The van der Waals surface area contributed by atoms with Crippen LogP contribution in [0.1, 0.15) is 40.7 Å². The van der Waals surface area contributed by atoms with Crippen LogP contribution in [-0.2, 0) is 0 Å². The molecule has 4 nitrogen and oxygen atoms in total. The number of nitrogens with zero attached hydrogens (tertiary/aromatic N) is 2. The van der Waals surface area contributed by atoms with E-state index in [4.69, 9.17) is 5.11 Å². The molecule has 2 aromatic rings. The Labute approximate surface area is 151 Å². The van der Waals surface area contributed by atoms with Gasteiger partial charge in [-0.15, -0.1) is 0 Å². The Morgan fingerprint density at radius 1 is 1.08 bits per heavy atom. The molecule has 0 unspecified atom stereocenters. The molecule has 0 aromatic heterocycles. The number of piperidine rings is 1. The summed E-state index contributed by atoms with van der Waals surface area (Å²) in [4.78, 5) is 13.1. The molecule has 1 fully saturated rings. The van der Waals surface area contributed by atoms with Gasteiger partial charge in [0.05, 0.1) is 17.2 Å². The molecule has 0 saturated carbocycles. The van der Waals surface area contributed by atoms with Gasteiger partial charge in [-0.05, 0) is 61.2 Å². The first-order valence-corrected chi connectivity index (χ1v) is 8.58. The molecule has 0 atom stereocenters. The minimum atomic E-state index is -1.03. The van der Waals surface area contributed by atoms with Crippen LogP contribution in [0.25, 0.3) is 11.6 Å². The molecule has 26 heavy (non-hydrogen) atoms. The third-order valence-electron chi connectivity index (χ3n) is 4.57. The van der Waals surface area contributed by atoms with Gasteiger partial charge in [0.2, 0.25) is 0 Å². The highest BCUT2D eigenvalue weighted by Gasteiger charge is 2.13. The predicted molar refractivity (Wildman–Crippen MR) is 99.3 cm³/mol. The summed E-state index contributed by atoms with van der Waals surface area (Å²) in [6.07, 6.45) is 4.94. The quantitative estimate of drug-likeness (QED) is 0.648. The van der Waals surface area contributed by atoms with E-state index in [2.05, 4.69) is 11.0 Å². The van der Waals surface area contributed by atoms with Crippen LogP contribution in [0.3, 0.4) is 0 Å². The molecule has 132 valence electrons. The maximum absolute atomic E-state index is 14.5. The van der Waals surface area contributed by atoms with Crippen molar-refractivity contribution in [3.63, 3.8) is 0 Å². The molecule has 0 amide bonds. The van der Waals surface area contributed by atoms with E-state index in [1.54, 1.807) is 18.2 Å². The van der Waals surface area contributed by atoms with Gasteiger partial charge in [-0.1, -0.05) is 12.1 Å². The van der Waals surface area contributed by atoms with Crippen LogP contribution < -0.4 is 4.90 Å². The van der Waals surface area contributed by atoms with Gasteiger partial charge in [0.15, 0.2) is 0 Å². The molecular weight excluding hydrogens is 331 g/mol. The number of rotatable bonds is 4. The van der Waals surface area contributed by atoms with E-state index >= 15 is 0 Å². The molecule has 0 spiro atoms. The van der Waals surface area contributed by atoms with E-state index in [1.807, 2.05) is 6.07 Å². The van der Waals surface area contributed by atoms with Crippen LogP contribution in [0.15, 0.2) is 42.5 Å². The van der Waals surface area contributed by atoms with Gasteiger partial charge in [-0.3, -0.25) is 0 Å². The highest BCUT2D eigenvalue weighted by molar-refractivity contribution is 5.92. The first kappa shape index (κ1) is 17.7. The van der Waals surface area contributed by atoms with E-state index in [0.29, 0.717) is 11.1 Å². The molecule has 1 heterocycles. The lowest BCUT2D eigenvalue weighted by Gasteiger charge is -2.28. The fourth-order valence-corrected chi connectivity index (χ4v) is 3.11. The van der Waals surface area contributed by atoms with Crippen LogP contribution in [0.4, 0.5) is 10.1 Å². The summed E-state index contributed by atoms with van der Waals surface area (Å²) in [5.74, 6) is -1.40. The monoisotopic (exact) mass is 350 g/mol. The fourth-order valence-electron chi connectivity index (χ4n) is 3.11. The Morgan fingerprint density at radius 2 is 1.73 bits per heavy atom. The van der Waals surface area contributed by atoms with Crippen LogP contribution in [0, 0.1) is 17.1 Å². The van der Waals surface area contributed by atoms with Crippen molar-refractivity contribution >= 4 is 23.3 Å². The van der Waals surface area contributed by atoms with Crippen molar-refractivity contribution in [2.75, 3.05) is 18.0 Å². The maximum atomic E-state index is 14.5. The molecule has 0 aliphatic carbocycles. The lowest BCUT2D eigenvalue weighted by atomic mass is 10.0. The molecule has 1 N–H and O–H groups in total. The third kappa shape index (κ3) is 3.92. The number of benzene rings is 2. The van der Waals surface area contributed by atoms with Crippen LogP contribution in [-0.4, -0.2) is 24.2 Å². The molecule has 1 aliphatic rings. The van der Waals surface area contributed by atoms with Crippen LogP contribution in [0.5, 0.6) is 0 Å². The summed E-state index contributed by atoms with van der Waals surface area (Å²) in [5, 5.41) is 18.3. The second kappa shape index (κ2) is 7.83. The highest BCUT2D eigenvalue weighted by Crippen LogP contribution is 2.25. The number of allylic oxidation sites excluding steroid dienone is 1. The average molecular weight is 350 g/mol. The number of aromatic carboxylic acids is 1. The topological polar surface area (TPSA) is 64.3 Å². The first-order valence-electron chi connectivity index (χ1n) is 8.58. The summed E-state index contributed by atoms with van der Waals surface area (Å²) >= 11 is 0. The van der Waals surface area contributed by atoms with Gasteiger partial charge >= 0.3 is 5.97 Å². The third-order valence-corrected chi connectivity index (χ3v) is 4.57. The molecule has 2 aromatic carbocycles. The normalized spacial score (nSPS) is 14.8. The maximum Gasteiger partial charge on any atom is 0.335 e. The summed E-state index contributed by atoms with van der Waals surface area (Å²) < 4.78 is 14.5. The van der Waals surface area contributed by atoms with Crippen molar-refractivity contribution in [1.82, 2.24) is 0 Å². The SMILES string of the molecule is N#C/C(=C/c1ccc(N2CCCCC2)cc1F)c1ccc(C(=O)O)cc1. The Hall–Kier alpha value is -3.13. The van der Waals surface area contributed by atoms with Crippen molar-refractivity contribution in [2.24, 2.45) is 0 Å². The number of anilines is 1. The fraction of sp³-hybridized carbons (Fsp3) is 0.238. The van der Waals surface area contributed by atoms with Gasteiger partial charge in [-0.25, -0.2) is 9.18 Å². The Bertz CT molecular complexity index is 876. The molecule has 0 radical (unpaired) electrons. The average Bonchev–Trinajstić information content (AvgIpc) is 2.68. The highest BCUT2D eigenvalue weighted by atomic mass is 19.1. The second-order valence-corrected chi connectivity index (χ2v) is 6.31. The van der Waals surface area contributed by atoms with Crippen molar-refractivity contribution in [2.45, 2.75) is 19.3 Å². The number of hydrogen-bond donors (Lipinski definition) is 1. The van der Waals surface area contributed by atoms with Gasteiger partial charge in [0, 0.05) is 24.3 Å². The minimum absolute atomic E-state index is 0.142. The van der Waals surface area contributed by atoms with E-state index in [0.717, 1.165) is 31.6 Å². The number of carboxylic acid groups (broad SMARTS) is 1. The number of halogens is 1. The van der Waals surface area contributed by atoms with Gasteiger partial charge in [0.25, 0.3) is 0 Å². The van der Waals surface area contributed by atoms with Crippen LogP contribution in [0.2, 0.25) is 0 Å². The Morgan fingerprint density at radius 3 is 2.31 bits per heavy atom. The Balaban J connectivity index is 1.87. The molecule has 0 bridgehead atoms. The van der Waals surface area contributed by atoms with Gasteiger partial charge < -0.3 is 10.0 Å². The molecule has 1 aliphatic heterocycles. The van der Waals surface area contributed by atoms with Crippen molar-refractivity contribution in [1.29, 1.82) is 5.26 Å². The Kier molecular flexibility index (Phi) is 5.33. The van der Waals surface area contributed by atoms with E-state index in [1.165, 1.54) is 30.7 Å². The summed E-state index contributed by atoms with van der Waals surface area (Å²) in [7, 11) is 0. The predicted octanol–water partition coefficient (Wildman–Crippen LogP) is 4.58. The van der Waals surface area contributed by atoms with Gasteiger partial charge in [0.1, 0.15) is 5.82 Å². The number of nitriles is 1. The standard InChI is InChI=1S/C21H19FN2O2/c22-20-13-19(24-10-2-1-3-11-24)9-8-17(20)12-18(14-23)15-4-6-16(7-5-15)21(25)26/h4-9,12-13H,1-3,10-11H2,(H,25,26)/b18-12-. The van der Waals surface area contributed by atoms with E-state index in [9.17, 15) is 14.4 Å². The molecule has 3 rings (SSSR count). The van der Waals surface area contributed by atoms with Crippen molar-refractivity contribution < 1.29 is 14.3 Å². The smallest absolute Gasteiger partial charge is 0.335 e. The van der Waals surface area contributed by atoms with E-state index < -0.39 is 5.97 Å². The number of carbonyl (C=O) groups is 1. The summed E-state index contributed by atoms with van der Waals surface area (Å²) in [6.45, 7) is 1.88. The first-order chi connectivity index (χ1) is 12.6. The largest absolute Gasteiger partial charge is 0.478 e. The van der Waals surface area contributed by atoms with Crippen molar-refractivity contribution in [3.05, 3.63) is 65.0 Å². The van der Waals surface area contributed by atoms with Gasteiger partial charge in [-0.2, -0.15) is 5.26 Å². The minimum Gasteiger partial charge on any atom is -0.478 e. The summed E-state index contributed by atoms with van der Waals surface area (Å²) in [5.41, 5.74) is 2.18. The lowest BCUT2D eigenvalue weighted by molar-refractivity contribution is 0.0697. The zero-order chi connectivity index (χ0) is 18.5. The zero-order valence-electron chi connectivity index (χ0n) is 14.3. The molecule has 5 heteroatoms. The zero-order valence-corrected chi connectivity index (χ0v) is 14.3. The van der Waals surface area contributed by atoms with E-state index in [-0.39, 0.29) is 17.0 Å². The van der Waals surface area contributed by atoms with Crippen LogP contribution >= 0.6 is 0 Å². The molecule has 1 saturated heterocycles. The summed E-state index contributed by atoms with van der Waals surface area (Å²) in [6, 6.07) is 13.1. The lowest BCUT2D eigenvalue weighted by Crippen LogP contribution is -2.29.